The molecule has 0 bridgehead atoms. The summed E-state index contributed by atoms with van der Waals surface area (Å²) < 4.78 is 47.0. The van der Waals surface area contributed by atoms with Crippen molar-refractivity contribution in [2.24, 2.45) is 17.6 Å². The largest absolute Gasteiger partial charge is 0.467 e. The molecule has 12 nitrogen and oxygen atoms in total. The fourth-order valence-electron chi connectivity index (χ4n) is 3.34. The van der Waals surface area contributed by atoms with Crippen molar-refractivity contribution in [3.63, 3.8) is 0 Å². The van der Waals surface area contributed by atoms with Gasteiger partial charge in [0.15, 0.2) is 12.4 Å². The number of halogens is 3. The van der Waals surface area contributed by atoms with Crippen LogP contribution in [0.3, 0.4) is 0 Å². The zero-order chi connectivity index (χ0) is 26.3. The molecular formula is C20H26F3N5O7. The fourth-order valence-corrected chi connectivity index (χ4v) is 3.34. The monoisotopic (exact) mass is 505 g/mol. The van der Waals surface area contributed by atoms with Gasteiger partial charge in [0.2, 0.25) is 17.6 Å². The van der Waals surface area contributed by atoms with E-state index in [9.17, 15) is 37.1 Å². The zero-order valence-electron chi connectivity index (χ0n) is 18.9. The zero-order valence-corrected chi connectivity index (χ0v) is 18.9. The molecule has 0 unspecified atom stereocenters. The summed E-state index contributed by atoms with van der Waals surface area (Å²) in [6, 6.07) is -2.04. The molecule has 0 saturated carbocycles. The van der Waals surface area contributed by atoms with Gasteiger partial charge in [-0.05, 0) is 30.3 Å². The highest BCUT2D eigenvalue weighted by Crippen LogP contribution is 2.31. The van der Waals surface area contributed by atoms with Gasteiger partial charge in [-0.25, -0.2) is 0 Å². The molecule has 1 aliphatic rings. The Balaban J connectivity index is 2.14. The van der Waals surface area contributed by atoms with Gasteiger partial charge in [-0.15, -0.1) is 0 Å². The van der Waals surface area contributed by atoms with Crippen LogP contribution in [0.4, 0.5) is 13.2 Å². The minimum atomic E-state index is -4.80. The van der Waals surface area contributed by atoms with Crippen LogP contribution in [0, 0.1) is 11.8 Å². The lowest BCUT2D eigenvalue weighted by atomic mass is 9.95. The molecule has 15 heteroatoms. The van der Waals surface area contributed by atoms with Gasteiger partial charge in [-0.1, -0.05) is 13.8 Å². The first kappa shape index (κ1) is 27.6. The van der Waals surface area contributed by atoms with E-state index in [1.54, 1.807) is 13.8 Å². The predicted octanol–water partition coefficient (Wildman–Crippen LogP) is -0.331. The van der Waals surface area contributed by atoms with E-state index in [-0.39, 0.29) is 24.7 Å². The summed E-state index contributed by atoms with van der Waals surface area (Å²) in [5.74, 6) is -7.14. The van der Waals surface area contributed by atoms with Crippen LogP contribution < -0.4 is 26.4 Å². The molecule has 1 fully saturated rings. The molecule has 0 aliphatic carbocycles. The van der Waals surface area contributed by atoms with E-state index < -0.39 is 65.9 Å². The maximum absolute atomic E-state index is 12.9. The Bertz CT molecular complexity index is 963. The molecule has 1 aliphatic heterocycles. The van der Waals surface area contributed by atoms with Crippen LogP contribution in [0.15, 0.2) is 10.6 Å². The molecule has 5 N–H and O–H groups in total. The third-order valence-electron chi connectivity index (χ3n) is 5.07. The first-order chi connectivity index (χ1) is 16.3. The summed E-state index contributed by atoms with van der Waals surface area (Å²) in [5, 5.41) is 10.3. The summed E-state index contributed by atoms with van der Waals surface area (Å²) >= 11 is 0. The highest BCUT2D eigenvalue weighted by Gasteiger charge is 2.37. The van der Waals surface area contributed by atoms with E-state index in [1.807, 2.05) is 0 Å². The number of aromatic nitrogens is 1. The highest BCUT2D eigenvalue weighted by atomic mass is 19.4. The lowest BCUT2D eigenvalue weighted by Crippen LogP contribution is -2.54. The van der Waals surface area contributed by atoms with Gasteiger partial charge >= 0.3 is 18.0 Å². The molecule has 35 heavy (non-hydrogen) atoms. The van der Waals surface area contributed by atoms with E-state index in [4.69, 9.17) is 10.5 Å². The van der Waals surface area contributed by atoms with E-state index in [1.165, 1.54) is 0 Å². The summed E-state index contributed by atoms with van der Waals surface area (Å²) in [4.78, 5) is 60.5. The minimum Gasteiger partial charge on any atom is -0.467 e. The van der Waals surface area contributed by atoms with Crippen molar-refractivity contribution >= 4 is 29.4 Å². The third kappa shape index (κ3) is 8.26. The second-order valence-electron chi connectivity index (χ2n) is 8.38. The van der Waals surface area contributed by atoms with Crippen LogP contribution in [0.5, 0.6) is 5.88 Å². The van der Waals surface area contributed by atoms with Crippen LogP contribution in [0.1, 0.15) is 38.9 Å². The molecule has 0 radical (unpaired) electrons. The molecule has 2 rings (SSSR count). The Morgan fingerprint density at radius 1 is 1.26 bits per heavy atom. The Morgan fingerprint density at radius 3 is 2.46 bits per heavy atom. The van der Waals surface area contributed by atoms with Gasteiger partial charge < -0.3 is 30.9 Å². The van der Waals surface area contributed by atoms with Gasteiger partial charge in [0.1, 0.15) is 6.04 Å². The second kappa shape index (κ2) is 11.7. The second-order valence-corrected chi connectivity index (χ2v) is 8.38. The van der Waals surface area contributed by atoms with Crippen molar-refractivity contribution in [3.05, 3.63) is 11.8 Å². The number of nitrogens with two attached hydrogens (primary N) is 1. The molecule has 194 valence electrons. The van der Waals surface area contributed by atoms with Crippen LogP contribution >= 0.6 is 0 Å². The maximum atomic E-state index is 12.9. The van der Waals surface area contributed by atoms with Crippen molar-refractivity contribution in [3.8, 4) is 5.88 Å². The average molecular weight is 505 g/mol. The quantitative estimate of drug-likeness (QED) is 0.295. The number of amides is 4. The Labute approximate surface area is 197 Å². The summed E-state index contributed by atoms with van der Waals surface area (Å²) in [6.45, 7) is 3.09. The van der Waals surface area contributed by atoms with Gasteiger partial charge in [0, 0.05) is 12.5 Å². The number of ketones is 1. The number of ether oxygens (including phenoxy) is 1. The van der Waals surface area contributed by atoms with Crippen molar-refractivity contribution in [1.29, 1.82) is 0 Å². The molecule has 1 aromatic heterocycles. The van der Waals surface area contributed by atoms with Crippen molar-refractivity contribution in [2.45, 2.75) is 51.4 Å². The standard InChI is InChI=1S/C20H26F3N5O7/c1-9(2)5-12(27-19(33)16(24)30)18(32)26-11(6-10-3-4-25-17(10)31)13(29)8-34-15-7-14(35-28-15)20(21,22)23/h7,9-12H,3-6,8H2,1-2H3,(H2,24,30)(H,25,31)(H,26,32)(H,27,33)/t10-,11-,12-/m0/s1. The smallest absolute Gasteiger partial charge is 0.452 e. The molecule has 0 spiro atoms. The number of carbonyl (C=O) groups is 5. The highest BCUT2D eigenvalue weighted by molar-refractivity contribution is 6.34. The van der Waals surface area contributed by atoms with E-state index in [0.717, 1.165) is 0 Å². The number of nitrogens with zero attached hydrogens (tertiary/aromatic N) is 1. The number of Topliss-reactive ketones (excluding diaryl/α,β-unsaturated/α-hetero) is 1. The molecule has 4 amide bonds. The minimum absolute atomic E-state index is 0.103. The van der Waals surface area contributed by atoms with Gasteiger partial charge in [0.05, 0.1) is 12.1 Å². The summed E-state index contributed by atoms with van der Waals surface area (Å²) in [5.41, 5.74) is 4.93. The number of rotatable bonds is 11. The SMILES string of the molecule is CC(C)C[C@H](NC(=O)C(N)=O)C(=O)N[C@@H](C[C@@H]1CCNC1=O)C(=O)COc1cc(C(F)(F)F)on1. The topological polar surface area (TPSA) is 183 Å². The van der Waals surface area contributed by atoms with Crippen molar-refractivity contribution < 1.29 is 46.4 Å². The Hall–Kier alpha value is -3.65. The van der Waals surface area contributed by atoms with Crippen LogP contribution in [0.2, 0.25) is 0 Å². The predicted molar refractivity (Wildman–Crippen MR) is 110 cm³/mol. The molecule has 1 aromatic rings. The van der Waals surface area contributed by atoms with E-state index in [2.05, 4.69) is 25.6 Å². The maximum Gasteiger partial charge on any atom is 0.452 e. The third-order valence-corrected chi connectivity index (χ3v) is 5.07. The Kier molecular flexibility index (Phi) is 9.19. The van der Waals surface area contributed by atoms with E-state index in [0.29, 0.717) is 19.0 Å². The average Bonchev–Trinajstić information content (AvgIpc) is 3.39. The molecule has 0 aromatic carbocycles. The van der Waals surface area contributed by atoms with Crippen molar-refractivity contribution in [2.75, 3.05) is 13.2 Å². The number of primary amides is 1. The normalized spacial score (nSPS) is 17.4. The lowest BCUT2D eigenvalue weighted by molar-refractivity contribution is -0.155. The fraction of sp³-hybridized carbons (Fsp3) is 0.600. The molecule has 1 saturated heterocycles. The first-order valence-corrected chi connectivity index (χ1v) is 10.7. The van der Waals surface area contributed by atoms with Crippen molar-refractivity contribution in [1.82, 2.24) is 21.1 Å². The number of alkyl halides is 3. The summed E-state index contributed by atoms with van der Waals surface area (Å²) in [7, 11) is 0. The van der Waals surface area contributed by atoms with Gasteiger partial charge in [-0.3, -0.25) is 24.0 Å². The number of hydrogen-bond acceptors (Lipinski definition) is 8. The number of carbonyl (C=O) groups excluding carboxylic acids is 5. The molecule has 3 atom stereocenters. The number of nitrogens with one attached hydrogen (secondary N) is 3. The Morgan fingerprint density at radius 2 is 1.94 bits per heavy atom. The summed E-state index contributed by atoms with van der Waals surface area (Å²) in [6.07, 6.45) is -4.42. The van der Waals surface area contributed by atoms with E-state index >= 15 is 0 Å². The number of hydrogen-bond donors (Lipinski definition) is 4. The van der Waals surface area contributed by atoms with Crippen LogP contribution in [-0.2, 0) is 30.1 Å². The molecule has 2 heterocycles. The molecular weight excluding hydrogens is 479 g/mol. The first-order valence-electron chi connectivity index (χ1n) is 10.7. The van der Waals surface area contributed by atoms with Crippen LogP contribution in [-0.4, -0.2) is 59.8 Å². The van der Waals surface area contributed by atoms with Gasteiger partial charge in [-0.2, -0.15) is 13.2 Å². The lowest BCUT2D eigenvalue weighted by Gasteiger charge is -2.24. The van der Waals surface area contributed by atoms with Crippen LogP contribution in [0.25, 0.3) is 0 Å². The van der Waals surface area contributed by atoms with Gasteiger partial charge in [0.25, 0.3) is 5.88 Å².